The third kappa shape index (κ3) is 5.28. The van der Waals surface area contributed by atoms with Gasteiger partial charge in [0.15, 0.2) is 5.13 Å². The first kappa shape index (κ1) is 22.7. The summed E-state index contributed by atoms with van der Waals surface area (Å²) in [6.45, 7) is 3.23. The van der Waals surface area contributed by atoms with Crippen molar-refractivity contribution >= 4 is 39.7 Å². The highest BCUT2D eigenvalue weighted by atomic mass is 35.5. The molecule has 2 atom stereocenters. The summed E-state index contributed by atoms with van der Waals surface area (Å²) in [6, 6.07) is 13.2. The highest BCUT2D eigenvalue weighted by Crippen LogP contribution is 2.35. The zero-order chi connectivity index (χ0) is 22.5. The van der Waals surface area contributed by atoms with Crippen LogP contribution in [0.3, 0.4) is 0 Å². The fourth-order valence-corrected chi connectivity index (χ4v) is 4.81. The lowest BCUT2D eigenvalue weighted by Gasteiger charge is -2.30. The topological polar surface area (TPSA) is 54.5 Å². The molecule has 1 amide bonds. The van der Waals surface area contributed by atoms with E-state index in [4.69, 9.17) is 21.3 Å². The van der Waals surface area contributed by atoms with E-state index < -0.39 is 6.04 Å². The summed E-state index contributed by atoms with van der Waals surface area (Å²) in [5, 5.41) is 6.28. The van der Waals surface area contributed by atoms with Gasteiger partial charge in [-0.2, -0.15) is 0 Å². The van der Waals surface area contributed by atoms with Crippen LogP contribution >= 0.6 is 22.9 Å². The zero-order valence-electron chi connectivity index (χ0n) is 17.8. The van der Waals surface area contributed by atoms with E-state index in [2.05, 4.69) is 5.32 Å². The normalized spacial score (nSPS) is 16.7. The summed E-state index contributed by atoms with van der Waals surface area (Å²) < 4.78 is 19.0. The number of anilines is 2. The molecule has 32 heavy (non-hydrogen) atoms. The Labute approximate surface area is 196 Å². The van der Waals surface area contributed by atoms with Crippen LogP contribution in [0.5, 0.6) is 0 Å². The molecular weight excluding hydrogens is 449 g/mol. The Morgan fingerprint density at radius 3 is 2.69 bits per heavy atom. The minimum Gasteiger partial charge on any atom is -0.376 e. The summed E-state index contributed by atoms with van der Waals surface area (Å²) >= 11 is 7.55. The Bertz CT molecular complexity index is 1040. The lowest BCUT2D eigenvalue weighted by Crippen LogP contribution is -2.46. The molecule has 1 aliphatic rings. The molecule has 0 spiro atoms. The van der Waals surface area contributed by atoms with Crippen LogP contribution in [0, 0.1) is 5.82 Å². The van der Waals surface area contributed by atoms with Gasteiger partial charge in [-0.3, -0.25) is 4.79 Å². The van der Waals surface area contributed by atoms with Gasteiger partial charge in [0.25, 0.3) is 0 Å². The number of hydrogen-bond donors (Lipinski definition) is 1. The number of nitrogens with zero attached hydrogens (tertiary/aromatic N) is 2. The molecule has 0 aliphatic carbocycles. The van der Waals surface area contributed by atoms with Crippen molar-refractivity contribution in [3.8, 4) is 11.3 Å². The predicted molar refractivity (Wildman–Crippen MR) is 127 cm³/mol. The SMILES string of the molecule is CC[C@@H](C(=O)NC[C@@H]1CCCO1)N(c1ccc(Cl)cc1)c1nc(-c2ccc(F)cc2)cs1. The predicted octanol–water partition coefficient (Wildman–Crippen LogP) is 5.81. The van der Waals surface area contributed by atoms with Crippen molar-refractivity contribution in [3.63, 3.8) is 0 Å². The molecule has 168 valence electrons. The van der Waals surface area contributed by atoms with Crippen LogP contribution in [0.1, 0.15) is 26.2 Å². The summed E-state index contributed by atoms with van der Waals surface area (Å²) in [5.41, 5.74) is 2.38. The number of carbonyl (C=O) groups is 1. The molecule has 4 rings (SSSR count). The Hall–Kier alpha value is -2.48. The van der Waals surface area contributed by atoms with Gasteiger partial charge in [0.05, 0.1) is 11.8 Å². The smallest absolute Gasteiger partial charge is 0.243 e. The molecular formula is C24H25ClFN3O2S. The number of nitrogens with one attached hydrogen (secondary N) is 1. The maximum atomic E-state index is 13.3. The maximum absolute atomic E-state index is 13.3. The number of carbonyl (C=O) groups excluding carboxylic acids is 1. The summed E-state index contributed by atoms with van der Waals surface area (Å²) in [5.74, 6) is -0.363. The second kappa shape index (κ2) is 10.4. The van der Waals surface area contributed by atoms with Gasteiger partial charge >= 0.3 is 0 Å². The van der Waals surface area contributed by atoms with Gasteiger partial charge in [0.1, 0.15) is 11.9 Å². The largest absolute Gasteiger partial charge is 0.376 e. The van der Waals surface area contributed by atoms with Crippen LogP contribution in [-0.4, -0.2) is 36.2 Å². The van der Waals surface area contributed by atoms with E-state index in [9.17, 15) is 9.18 Å². The van der Waals surface area contributed by atoms with Crippen molar-refractivity contribution in [2.45, 2.75) is 38.3 Å². The molecule has 1 aromatic heterocycles. The van der Waals surface area contributed by atoms with Gasteiger partial charge < -0.3 is 15.0 Å². The van der Waals surface area contributed by atoms with Gasteiger partial charge in [-0.1, -0.05) is 18.5 Å². The average Bonchev–Trinajstić information content (AvgIpc) is 3.49. The van der Waals surface area contributed by atoms with Crippen LogP contribution in [0.2, 0.25) is 5.02 Å². The first-order valence-corrected chi connectivity index (χ1v) is 12.0. The summed E-state index contributed by atoms with van der Waals surface area (Å²) in [4.78, 5) is 19.9. The van der Waals surface area contributed by atoms with Crippen LogP contribution in [0.15, 0.2) is 53.9 Å². The van der Waals surface area contributed by atoms with Crippen molar-refractivity contribution in [2.75, 3.05) is 18.1 Å². The van der Waals surface area contributed by atoms with Gasteiger partial charge in [-0.15, -0.1) is 11.3 Å². The molecule has 2 heterocycles. The molecule has 0 bridgehead atoms. The van der Waals surface area contributed by atoms with Gasteiger partial charge in [-0.25, -0.2) is 9.37 Å². The highest BCUT2D eigenvalue weighted by molar-refractivity contribution is 7.14. The van der Waals surface area contributed by atoms with Crippen molar-refractivity contribution in [1.82, 2.24) is 10.3 Å². The van der Waals surface area contributed by atoms with E-state index >= 15 is 0 Å². The fourth-order valence-electron chi connectivity index (χ4n) is 3.78. The first-order valence-electron chi connectivity index (χ1n) is 10.7. The van der Waals surface area contributed by atoms with Crippen molar-refractivity contribution in [1.29, 1.82) is 0 Å². The minimum atomic E-state index is -0.454. The number of rotatable bonds is 8. The number of amides is 1. The van der Waals surface area contributed by atoms with E-state index in [0.29, 0.717) is 23.1 Å². The second-order valence-corrected chi connectivity index (χ2v) is 8.95. The van der Waals surface area contributed by atoms with Gasteiger partial charge in [-0.05, 0) is 67.8 Å². The van der Waals surface area contributed by atoms with Crippen molar-refractivity contribution in [3.05, 3.63) is 64.8 Å². The number of thiazole rings is 1. The van der Waals surface area contributed by atoms with Crippen LogP contribution in [0.25, 0.3) is 11.3 Å². The first-order chi connectivity index (χ1) is 15.5. The molecule has 0 radical (unpaired) electrons. The van der Waals surface area contributed by atoms with Crippen LogP contribution in [0.4, 0.5) is 15.2 Å². The van der Waals surface area contributed by atoms with E-state index in [1.165, 1.54) is 23.5 Å². The van der Waals surface area contributed by atoms with Crippen molar-refractivity contribution < 1.29 is 13.9 Å². The third-order valence-corrected chi connectivity index (χ3v) is 6.56. The molecule has 2 aromatic carbocycles. The van der Waals surface area contributed by atoms with Gasteiger partial charge in [0.2, 0.25) is 5.91 Å². The number of halogens is 2. The quantitative estimate of drug-likeness (QED) is 0.448. The summed E-state index contributed by atoms with van der Waals surface area (Å²) in [7, 11) is 0. The number of hydrogen-bond acceptors (Lipinski definition) is 5. The van der Waals surface area contributed by atoms with Gasteiger partial charge in [0, 0.05) is 34.8 Å². The molecule has 1 N–H and O–H groups in total. The third-order valence-electron chi connectivity index (χ3n) is 5.47. The molecule has 1 aliphatic heterocycles. The molecule has 1 fully saturated rings. The Kier molecular flexibility index (Phi) is 7.40. The number of aromatic nitrogens is 1. The van der Waals surface area contributed by atoms with E-state index in [1.807, 2.05) is 29.3 Å². The van der Waals surface area contributed by atoms with Crippen molar-refractivity contribution in [2.24, 2.45) is 0 Å². The lowest BCUT2D eigenvalue weighted by molar-refractivity contribution is -0.122. The average molecular weight is 474 g/mol. The fraction of sp³-hybridized carbons (Fsp3) is 0.333. The van der Waals surface area contributed by atoms with Crippen LogP contribution < -0.4 is 10.2 Å². The molecule has 8 heteroatoms. The second-order valence-electron chi connectivity index (χ2n) is 7.67. The molecule has 1 saturated heterocycles. The minimum absolute atomic E-state index is 0.0727. The standard InChI is InChI=1S/C24H25ClFN3O2S/c1-2-22(23(30)27-14-20-4-3-13-31-20)29(19-11-7-17(25)8-12-19)24-28-21(15-32-24)16-5-9-18(26)10-6-16/h5-12,15,20,22H,2-4,13-14H2,1H3,(H,27,30)/t20-,22-/m0/s1. The summed E-state index contributed by atoms with van der Waals surface area (Å²) in [6.07, 6.45) is 2.65. The molecule has 0 unspecified atom stereocenters. The number of ether oxygens (including phenoxy) is 1. The van der Waals surface area contributed by atoms with E-state index in [0.717, 1.165) is 36.4 Å². The molecule has 3 aromatic rings. The molecule has 0 saturated carbocycles. The van der Waals surface area contributed by atoms with Crippen LogP contribution in [-0.2, 0) is 9.53 Å². The lowest BCUT2D eigenvalue weighted by atomic mass is 10.1. The number of benzene rings is 2. The maximum Gasteiger partial charge on any atom is 0.243 e. The van der Waals surface area contributed by atoms with E-state index in [1.54, 1.807) is 24.3 Å². The van der Waals surface area contributed by atoms with E-state index in [-0.39, 0.29) is 17.8 Å². The zero-order valence-corrected chi connectivity index (χ0v) is 19.3. The Morgan fingerprint density at radius 1 is 1.28 bits per heavy atom. The Morgan fingerprint density at radius 2 is 2.03 bits per heavy atom. The monoisotopic (exact) mass is 473 g/mol. The highest BCUT2D eigenvalue weighted by Gasteiger charge is 2.29. The molecule has 5 nitrogen and oxygen atoms in total. The Balaban J connectivity index is 1.62.